The Labute approximate surface area is 222 Å². The summed E-state index contributed by atoms with van der Waals surface area (Å²) in [5, 5.41) is 1.44. The van der Waals surface area contributed by atoms with Crippen LogP contribution >= 0.6 is 0 Å². The van der Waals surface area contributed by atoms with Crippen molar-refractivity contribution in [1.29, 1.82) is 0 Å². The van der Waals surface area contributed by atoms with Crippen molar-refractivity contribution in [2.75, 3.05) is 78.5 Å². The Morgan fingerprint density at radius 3 is 1.24 bits per heavy atom. The smallest absolute Gasteiger partial charge is 0.343 e. The van der Waals surface area contributed by atoms with Gasteiger partial charge in [-0.25, -0.2) is 0 Å². The van der Waals surface area contributed by atoms with Crippen LogP contribution in [0.25, 0.3) is 0 Å². The van der Waals surface area contributed by atoms with Crippen molar-refractivity contribution < 1.29 is 0 Å². The second kappa shape index (κ2) is 9.85. The predicted octanol–water partition coefficient (Wildman–Crippen LogP) is 1.13. The molecule has 10 heteroatoms. The van der Waals surface area contributed by atoms with Crippen LogP contribution in [0, 0.1) is 0 Å². The van der Waals surface area contributed by atoms with Crippen LogP contribution in [-0.4, -0.2) is 133 Å². The van der Waals surface area contributed by atoms with Gasteiger partial charge in [-0.1, -0.05) is 30.3 Å². The first-order valence-electron chi connectivity index (χ1n) is 14.6. The summed E-state index contributed by atoms with van der Waals surface area (Å²) in [6, 6.07) is 11.5. The number of hydrogen-bond acceptors (Lipinski definition) is 9. The van der Waals surface area contributed by atoms with Crippen LogP contribution in [0.5, 0.6) is 0 Å². The molecule has 6 aliphatic heterocycles. The summed E-state index contributed by atoms with van der Waals surface area (Å²) >= 11 is 0. The summed E-state index contributed by atoms with van der Waals surface area (Å²) in [5.41, 5.74) is 0. The minimum absolute atomic E-state index is 0.932. The van der Waals surface area contributed by atoms with E-state index in [9.17, 15) is 0 Å². The largest absolute Gasteiger partial charge is 0.421 e. The third kappa shape index (κ3) is 3.81. The van der Waals surface area contributed by atoms with E-state index in [1.165, 1.54) is 42.3 Å². The van der Waals surface area contributed by atoms with Gasteiger partial charge in [0.1, 0.15) is 0 Å². The molecule has 0 aliphatic carbocycles. The van der Waals surface area contributed by atoms with Crippen LogP contribution in [0.2, 0.25) is 0 Å². The molecule has 1 aromatic rings. The zero-order chi connectivity index (χ0) is 24.7. The van der Waals surface area contributed by atoms with E-state index < -0.39 is 8.56 Å². The normalized spacial score (nSPS) is 24.6. The lowest BCUT2D eigenvalue weighted by atomic mass is 10.2. The molecule has 0 N–H and O–H groups in total. The summed E-state index contributed by atoms with van der Waals surface area (Å²) in [4.78, 5) is 23.5. The highest BCUT2D eigenvalue weighted by Gasteiger charge is 2.61. The Balaban J connectivity index is 1.48. The van der Waals surface area contributed by atoms with Crippen molar-refractivity contribution in [3.05, 3.63) is 30.3 Å². The van der Waals surface area contributed by atoms with Crippen LogP contribution in [0.15, 0.2) is 45.3 Å². The average Bonchev–Trinajstić information content (AvgIpc) is 2.98. The zero-order valence-corrected chi connectivity index (χ0v) is 23.1. The van der Waals surface area contributed by atoms with E-state index in [0.717, 1.165) is 97.8 Å². The summed E-state index contributed by atoms with van der Waals surface area (Å²) in [5.74, 6) is 3.69. The summed E-state index contributed by atoms with van der Waals surface area (Å²) < 4.78 is 8.39. The molecule has 0 atom stereocenters. The Morgan fingerprint density at radius 2 is 0.838 bits per heavy atom. The highest BCUT2D eigenvalue weighted by Crippen LogP contribution is 2.33. The minimum Gasteiger partial charge on any atom is -0.343 e. The SMILES string of the molecule is c1ccc([Si](N2CCCN3CCCN=C32)(N2CCCN3CCCN=C32)N2CCCN3CCCN=C32)cc1. The Kier molecular flexibility index (Phi) is 6.22. The monoisotopic (exact) mass is 519 g/mol. The van der Waals surface area contributed by atoms with E-state index >= 15 is 0 Å². The van der Waals surface area contributed by atoms with Gasteiger partial charge in [0.15, 0.2) is 17.9 Å². The Bertz CT molecular complexity index is 970. The third-order valence-corrected chi connectivity index (χ3v) is 13.4. The topological polar surface area (TPSA) is 56.5 Å². The van der Waals surface area contributed by atoms with Gasteiger partial charge in [-0.2, -0.15) is 0 Å². The molecule has 3 fully saturated rings. The molecule has 6 aliphatic rings. The lowest BCUT2D eigenvalue weighted by molar-refractivity contribution is 0.227. The molecular formula is C27H41N9Si. The van der Waals surface area contributed by atoms with Gasteiger partial charge in [0.2, 0.25) is 0 Å². The maximum atomic E-state index is 5.27. The molecular weight excluding hydrogens is 478 g/mol. The van der Waals surface area contributed by atoms with Gasteiger partial charge in [0, 0.05) is 83.7 Å². The number of guanidine groups is 3. The molecule has 7 rings (SSSR count). The van der Waals surface area contributed by atoms with Crippen LogP contribution in [-0.2, 0) is 0 Å². The standard InChI is InChI=1S/C27H41N9Si/c1-2-10-24(11-3-1)37(34-21-7-18-31-15-4-12-28-25(31)34,35-22-8-19-32-16-5-13-29-26(32)35)36-23-9-20-33-17-6-14-30-27(33)36/h1-3,10-11H,4-9,12-23H2. The van der Waals surface area contributed by atoms with Crippen molar-refractivity contribution in [1.82, 2.24) is 28.4 Å². The number of nitrogens with zero attached hydrogens (tertiary/aromatic N) is 9. The van der Waals surface area contributed by atoms with Gasteiger partial charge >= 0.3 is 8.56 Å². The van der Waals surface area contributed by atoms with E-state index in [2.05, 4.69) is 58.7 Å². The van der Waals surface area contributed by atoms with Crippen LogP contribution in [0.4, 0.5) is 0 Å². The molecule has 0 saturated carbocycles. The number of benzene rings is 1. The second-order valence-electron chi connectivity index (χ2n) is 11.1. The Hall–Kier alpha value is -2.75. The minimum atomic E-state index is -2.81. The van der Waals surface area contributed by atoms with E-state index in [0.29, 0.717) is 0 Å². The molecule has 9 nitrogen and oxygen atoms in total. The summed E-state index contributed by atoms with van der Waals surface area (Å²) in [6.07, 6.45) is 7.00. The van der Waals surface area contributed by atoms with Crippen LogP contribution in [0.3, 0.4) is 0 Å². The highest BCUT2D eigenvalue weighted by atomic mass is 28.4. The average molecular weight is 520 g/mol. The van der Waals surface area contributed by atoms with Gasteiger partial charge in [0.05, 0.1) is 0 Å². The molecule has 0 bridgehead atoms. The first kappa shape index (κ1) is 23.4. The van der Waals surface area contributed by atoms with Gasteiger partial charge in [-0.15, -0.1) is 0 Å². The molecule has 0 spiro atoms. The van der Waals surface area contributed by atoms with E-state index in [4.69, 9.17) is 15.0 Å². The van der Waals surface area contributed by atoms with Crippen molar-refractivity contribution in [2.24, 2.45) is 15.0 Å². The molecule has 1 aromatic carbocycles. The fourth-order valence-corrected chi connectivity index (χ4v) is 12.7. The first-order valence-corrected chi connectivity index (χ1v) is 16.5. The van der Waals surface area contributed by atoms with Crippen molar-refractivity contribution >= 4 is 31.6 Å². The van der Waals surface area contributed by atoms with Crippen molar-refractivity contribution in [3.8, 4) is 0 Å². The number of aliphatic imine (C=N–C) groups is 3. The molecule has 0 radical (unpaired) electrons. The van der Waals surface area contributed by atoms with Crippen molar-refractivity contribution in [2.45, 2.75) is 38.5 Å². The lowest BCUT2D eigenvalue weighted by Gasteiger charge is -2.61. The third-order valence-electron chi connectivity index (χ3n) is 8.81. The number of rotatable bonds is 4. The van der Waals surface area contributed by atoms with Crippen LogP contribution in [0.1, 0.15) is 38.5 Å². The summed E-state index contributed by atoms with van der Waals surface area (Å²) in [6.45, 7) is 12.7. The molecule has 0 amide bonds. The second-order valence-corrected chi connectivity index (χ2v) is 14.6. The lowest BCUT2D eigenvalue weighted by Crippen LogP contribution is -2.88. The highest BCUT2D eigenvalue weighted by molar-refractivity contribution is 6.89. The van der Waals surface area contributed by atoms with Gasteiger partial charge in [-0.3, -0.25) is 15.0 Å². The summed E-state index contributed by atoms with van der Waals surface area (Å²) in [7, 11) is -2.81. The fourth-order valence-electron chi connectivity index (χ4n) is 7.34. The Morgan fingerprint density at radius 1 is 0.459 bits per heavy atom. The van der Waals surface area contributed by atoms with Gasteiger partial charge in [0.25, 0.3) is 0 Å². The molecule has 198 valence electrons. The molecule has 0 unspecified atom stereocenters. The van der Waals surface area contributed by atoms with Crippen LogP contribution < -0.4 is 5.19 Å². The quantitative estimate of drug-likeness (QED) is 0.556. The van der Waals surface area contributed by atoms with E-state index in [1.807, 2.05) is 0 Å². The molecule has 6 heterocycles. The maximum Gasteiger partial charge on any atom is 0.421 e. The number of hydrogen-bond donors (Lipinski definition) is 0. The predicted molar refractivity (Wildman–Crippen MR) is 151 cm³/mol. The fraction of sp³-hybridized carbons (Fsp3) is 0.667. The molecule has 37 heavy (non-hydrogen) atoms. The van der Waals surface area contributed by atoms with E-state index in [1.54, 1.807) is 0 Å². The van der Waals surface area contributed by atoms with Gasteiger partial charge in [-0.05, 0) is 38.5 Å². The zero-order valence-electron chi connectivity index (χ0n) is 22.1. The molecule has 3 saturated heterocycles. The van der Waals surface area contributed by atoms with Crippen molar-refractivity contribution in [3.63, 3.8) is 0 Å². The first-order chi connectivity index (χ1) is 18.4. The van der Waals surface area contributed by atoms with E-state index in [-0.39, 0.29) is 0 Å². The van der Waals surface area contributed by atoms with Gasteiger partial charge < -0.3 is 28.4 Å². The molecule has 0 aromatic heterocycles. The number of fused-ring (bicyclic) bond motifs is 3. The maximum absolute atomic E-state index is 5.27.